The second-order valence-corrected chi connectivity index (χ2v) is 5.46. The predicted molar refractivity (Wildman–Crippen MR) is 79.3 cm³/mol. The average molecular weight is 289 g/mol. The highest BCUT2D eigenvalue weighted by atomic mass is 16.2. The van der Waals surface area contributed by atoms with Gasteiger partial charge in [0.05, 0.1) is 0 Å². The Labute approximate surface area is 123 Å². The molecule has 0 unspecified atom stereocenters. The van der Waals surface area contributed by atoms with Crippen molar-refractivity contribution < 1.29 is 14.4 Å². The zero-order valence-corrected chi connectivity index (χ0v) is 12.2. The van der Waals surface area contributed by atoms with Crippen LogP contribution in [0.5, 0.6) is 0 Å². The Balaban J connectivity index is 2.03. The van der Waals surface area contributed by atoms with Crippen molar-refractivity contribution in [1.29, 1.82) is 0 Å². The first-order chi connectivity index (χ1) is 9.88. The Morgan fingerprint density at radius 3 is 2.57 bits per heavy atom. The molecule has 6 heteroatoms. The number of imide groups is 1. The fourth-order valence-electron chi connectivity index (χ4n) is 2.33. The molecule has 2 rings (SSSR count). The van der Waals surface area contributed by atoms with Crippen LogP contribution in [0, 0.1) is 12.8 Å². The van der Waals surface area contributed by atoms with Crippen LogP contribution < -0.4 is 11.1 Å². The molecule has 1 saturated heterocycles. The first-order valence-electron chi connectivity index (χ1n) is 6.86. The minimum absolute atomic E-state index is 0.0421. The summed E-state index contributed by atoms with van der Waals surface area (Å²) in [6, 6.07) is 5.20. The van der Waals surface area contributed by atoms with Crippen LogP contribution in [0.4, 0.5) is 11.4 Å². The highest BCUT2D eigenvalue weighted by Gasteiger charge is 2.31. The maximum absolute atomic E-state index is 12.0. The molecule has 1 fully saturated rings. The maximum Gasteiger partial charge on any atom is 0.244 e. The summed E-state index contributed by atoms with van der Waals surface area (Å²) in [5, 5.41) is 2.69. The Bertz CT molecular complexity index is 580. The number of nitrogens with zero attached hydrogens (tertiary/aromatic N) is 1. The summed E-state index contributed by atoms with van der Waals surface area (Å²) in [6.07, 6.45) is 0.604. The summed E-state index contributed by atoms with van der Waals surface area (Å²) in [5.41, 5.74) is 7.69. The van der Waals surface area contributed by atoms with E-state index in [2.05, 4.69) is 5.32 Å². The van der Waals surface area contributed by atoms with Crippen LogP contribution in [0.1, 0.15) is 25.3 Å². The third-order valence-corrected chi connectivity index (χ3v) is 3.60. The summed E-state index contributed by atoms with van der Waals surface area (Å²) >= 11 is 0. The third-order valence-electron chi connectivity index (χ3n) is 3.60. The minimum Gasteiger partial charge on any atom is -0.398 e. The molecular weight excluding hydrogens is 270 g/mol. The number of carbonyl (C=O) groups is 3. The van der Waals surface area contributed by atoms with Crippen molar-refractivity contribution in [1.82, 2.24) is 4.90 Å². The number of hydrogen-bond acceptors (Lipinski definition) is 4. The predicted octanol–water partition coefficient (Wildman–Crippen LogP) is 1.30. The van der Waals surface area contributed by atoms with Crippen LogP contribution in [0.3, 0.4) is 0 Å². The maximum atomic E-state index is 12.0. The molecule has 3 N–H and O–H groups in total. The molecule has 112 valence electrons. The zero-order valence-electron chi connectivity index (χ0n) is 12.2. The zero-order chi connectivity index (χ0) is 15.6. The summed E-state index contributed by atoms with van der Waals surface area (Å²) < 4.78 is 0. The lowest BCUT2D eigenvalue weighted by atomic mass is 9.98. The fraction of sp³-hybridized carbons (Fsp3) is 0.400. The topological polar surface area (TPSA) is 92.5 Å². The van der Waals surface area contributed by atoms with Crippen molar-refractivity contribution in [3.8, 4) is 0 Å². The molecule has 0 saturated carbocycles. The summed E-state index contributed by atoms with van der Waals surface area (Å²) in [4.78, 5) is 36.7. The number of likely N-dealkylation sites (tertiary alicyclic amines) is 1. The number of amides is 3. The largest absolute Gasteiger partial charge is 0.398 e. The molecule has 0 atom stereocenters. The van der Waals surface area contributed by atoms with E-state index >= 15 is 0 Å². The number of benzene rings is 1. The lowest BCUT2D eigenvalue weighted by molar-refractivity contribution is -0.151. The van der Waals surface area contributed by atoms with Gasteiger partial charge >= 0.3 is 0 Å². The van der Waals surface area contributed by atoms with Gasteiger partial charge in [0.15, 0.2) is 0 Å². The van der Waals surface area contributed by atoms with Crippen LogP contribution in [-0.2, 0) is 14.4 Å². The van der Waals surface area contributed by atoms with Gasteiger partial charge in [0.2, 0.25) is 17.7 Å². The van der Waals surface area contributed by atoms with Gasteiger partial charge in [-0.15, -0.1) is 0 Å². The van der Waals surface area contributed by atoms with Gasteiger partial charge in [0.1, 0.15) is 6.54 Å². The number of nitrogens with one attached hydrogen (secondary N) is 1. The smallest absolute Gasteiger partial charge is 0.244 e. The van der Waals surface area contributed by atoms with Gasteiger partial charge in [0, 0.05) is 24.2 Å². The average Bonchev–Trinajstić information content (AvgIpc) is 2.39. The van der Waals surface area contributed by atoms with Gasteiger partial charge in [-0.3, -0.25) is 19.3 Å². The lowest BCUT2D eigenvalue weighted by Gasteiger charge is -2.27. The molecule has 0 aromatic heterocycles. The molecule has 0 spiro atoms. The van der Waals surface area contributed by atoms with Crippen LogP contribution in [0.2, 0.25) is 0 Å². The van der Waals surface area contributed by atoms with E-state index in [1.807, 2.05) is 6.92 Å². The molecule has 21 heavy (non-hydrogen) atoms. The van der Waals surface area contributed by atoms with Gasteiger partial charge in [-0.1, -0.05) is 13.0 Å². The second-order valence-electron chi connectivity index (χ2n) is 5.46. The number of piperidine rings is 1. The number of nitrogens with two attached hydrogens (primary N) is 1. The molecule has 6 nitrogen and oxygen atoms in total. The van der Waals surface area contributed by atoms with Crippen LogP contribution in [-0.4, -0.2) is 29.2 Å². The Morgan fingerprint density at radius 1 is 1.33 bits per heavy atom. The molecule has 0 aliphatic carbocycles. The van der Waals surface area contributed by atoms with E-state index < -0.39 is 5.91 Å². The van der Waals surface area contributed by atoms with Crippen molar-refractivity contribution in [2.24, 2.45) is 5.92 Å². The highest BCUT2D eigenvalue weighted by Crippen LogP contribution is 2.21. The number of carbonyl (C=O) groups excluding carboxylic acids is 3. The summed E-state index contributed by atoms with van der Waals surface area (Å²) in [7, 11) is 0. The van der Waals surface area contributed by atoms with Crippen molar-refractivity contribution >= 4 is 29.1 Å². The van der Waals surface area contributed by atoms with Crippen LogP contribution in [0.25, 0.3) is 0 Å². The van der Waals surface area contributed by atoms with Crippen molar-refractivity contribution in [3.05, 3.63) is 23.8 Å². The molecule has 1 aliphatic rings. The van der Waals surface area contributed by atoms with E-state index in [1.54, 1.807) is 25.1 Å². The van der Waals surface area contributed by atoms with E-state index in [4.69, 9.17) is 5.73 Å². The number of rotatable bonds is 3. The number of anilines is 2. The van der Waals surface area contributed by atoms with E-state index in [9.17, 15) is 14.4 Å². The fourth-order valence-corrected chi connectivity index (χ4v) is 2.33. The van der Waals surface area contributed by atoms with Crippen molar-refractivity contribution in [2.45, 2.75) is 26.7 Å². The number of hydrogen-bond donors (Lipinski definition) is 2. The van der Waals surface area contributed by atoms with Gasteiger partial charge in [0.25, 0.3) is 0 Å². The van der Waals surface area contributed by atoms with Gasteiger partial charge in [-0.25, -0.2) is 0 Å². The standard InChI is InChI=1S/C15H19N3O3/c1-9-6-14(20)18(15(21)7-9)8-13(19)17-12-5-3-4-11(16)10(12)2/h3-5,9H,6-8,16H2,1-2H3,(H,17,19). The minimum atomic E-state index is -0.403. The normalized spacial score (nSPS) is 16.2. The van der Waals surface area contributed by atoms with Crippen LogP contribution in [0.15, 0.2) is 18.2 Å². The molecule has 1 aromatic carbocycles. The van der Waals surface area contributed by atoms with E-state index in [0.29, 0.717) is 24.2 Å². The SMILES string of the molecule is Cc1c(N)cccc1NC(=O)CN1C(=O)CC(C)CC1=O. The molecule has 1 heterocycles. The van der Waals surface area contributed by atoms with Gasteiger partial charge < -0.3 is 11.1 Å². The molecule has 0 radical (unpaired) electrons. The monoisotopic (exact) mass is 289 g/mol. The second kappa shape index (κ2) is 5.95. The quantitative estimate of drug-likeness (QED) is 0.648. The summed E-state index contributed by atoms with van der Waals surface area (Å²) in [6.45, 7) is 3.39. The van der Waals surface area contributed by atoms with E-state index in [-0.39, 0.29) is 24.3 Å². The molecule has 1 aliphatic heterocycles. The highest BCUT2D eigenvalue weighted by molar-refractivity contribution is 6.03. The molecular formula is C15H19N3O3. The van der Waals surface area contributed by atoms with E-state index in [1.165, 1.54) is 0 Å². The van der Waals surface area contributed by atoms with E-state index in [0.717, 1.165) is 10.5 Å². The molecule has 0 bridgehead atoms. The van der Waals surface area contributed by atoms with Crippen LogP contribution >= 0.6 is 0 Å². The molecule has 1 aromatic rings. The third kappa shape index (κ3) is 3.39. The lowest BCUT2D eigenvalue weighted by Crippen LogP contribution is -2.46. The van der Waals surface area contributed by atoms with Crippen molar-refractivity contribution in [3.63, 3.8) is 0 Å². The van der Waals surface area contributed by atoms with Gasteiger partial charge in [-0.05, 0) is 30.5 Å². The Morgan fingerprint density at radius 2 is 1.95 bits per heavy atom. The first kappa shape index (κ1) is 15.0. The Hall–Kier alpha value is -2.37. The Kier molecular flexibility index (Phi) is 4.26. The molecule has 3 amide bonds. The summed E-state index contributed by atoms with van der Waals surface area (Å²) in [5.74, 6) is -0.947. The first-order valence-corrected chi connectivity index (χ1v) is 6.86. The van der Waals surface area contributed by atoms with Crippen molar-refractivity contribution in [2.75, 3.05) is 17.6 Å². The number of nitrogen functional groups attached to an aromatic ring is 1. The van der Waals surface area contributed by atoms with Gasteiger partial charge in [-0.2, -0.15) is 0 Å².